The molecule has 0 saturated heterocycles. The van der Waals surface area contributed by atoms with Crippen molar-refractivity contribution < 1.29 is 4.42 Å². The minimum absolute atomic E-state index is 0.527. The number of hydrogen-bond acceptors (Lipinski definition) is 5. The Bertz CT molecular complexity index is 681. The molecule has 1 aromatic carbocycles. The molecule has 0 saturated carbocycles. The fourth-order valence-corrected chi connectivity index (χ4v) is 2.43. The highest BCUT2D eigenvalue weighted by Gasteiger charge is 2.08. The van der Waals surface area contributed by atoms with E-state index >= 15 is 0 Å². The van der Waals surface area contributed by atoms with Gasteiger partial charge in [-0.2, -0.15) is 0 Å². The highest BCUT2D eigenvalue weighted by Crippen LogP contribution is 2.25. The third-order valence-corrected chi connectivity index (χ3v) is 3.71. The number of thioether (sulfide) groups is 1. The number of nitrogens with zero attached hydrogens (tertiary/aromatic N) is 3. The smallest absolute Gasteiger partial charge is 0.277 e. The van der Waals surface area contributed by atoms with Crippen molar-refractivity contribution >= 4 is 11.8 Å². The van der Waals surface area contributed by atoms with E-state index in [1.807, 2.05) is 26.0 Å². The molecule has 0 amide bonds. The van der Waals surface area contributed by atoms with E-state index in [2.05, 4.69) is 46.4 Å². The standard InChI is InChI=1S/C15H13N3OS.C2H6/c1-11-2-4-12(5-3-11)10-20-15-18-17-14(19-15)13-6-8-16-9-7-13;1-2/h2-9H,10H2,1H3;1-2H3. The van der Waals surface area contributed by atoms with Crippen LogP contribution in [0, 0.1) is 6.92 Å². The fourth-order valence-electron chi connectivity index (χ4n) is 1.71. The van der Waals surface area contributed by atoms with E-state index in [1.54, 1.807) is 12.4 Å². The van der Waals surface area contributed by atoms with Gasteiger partial charge < -0.3 is 4.42 Å². The number of rotatable bonds is 4. The molecule has 4 nitrogen and oxygen atoms in total. The summed E-state index contributed by atoms with van der Waals surface area (Å²) in [5.74, 6) is 1.34. The Kier molecular flexibility index (Phi) is 6.15. The summed E-state index contributed by atoms with van der Waals surface area (Å²) in [7, 11) is 0. The number of benzene rings is 1. The zero-order valence-corrected chi connectivity index (χ0v) is 13.8. The Labute approximate surface area is 135 Å². The largest absolute Gasteiger partial charge is 0.411 e. The van der Waals surface area contributed by atoms with E-state index in [-0.39, 0.29) is 0 Å². The normalized spacial score (nSPS) is 9.95. The van der Waals surface area contributed by atoms with E-state index in [0.29, 0.717) is 11.1 Å². The maximum atomic E-state index is 5.63. The monoisotopic (exact) mass is 313 g/mol. The van der Waals surface area contributed by atoms with Gasteiger partial charge in [0, 0.05) is 23.7 Å². The molecule has 0 spiro atoms. The van der Waals surface area contributed by atoms with Crippen LogP contribution in [0.3, 0.4) is 0 Å². The lowest BCUT2D eigenvalue weighted by Gasteiger charge is -1.98. The molecule has 0 aliphatic carbocycles. The molecular weight excluding hydrogens is 294 g/mol. The van der Waals surface area contributed by atoms with Crippen LogP contribution in [0.25, 0.3) is 11.5 Å². The average molecular weight is 313 g/mol. The van der Waals surface area contributed by atoms with E-state index in [1.165, 1.54) is 22.9 Å². The summed E-state index contributed by atoms with van der Waals surface area (Å²) in [6.07, 6.45) is 3.41. The van der Waals surface area contributed by atoms with Gasteiger partial charge in [-0.05, 0) is 24.6 Å². The Hall–Kier alpha value is -2.14. The molecule has 0 aliphatic heterocycles. The van der Waals surface area contributed by atoms with Gasteiger partial charge in [0.25, 0.3) is 5.22 Å². The van der Waals surface area contributed by atoms with Gasteiger partial charge in [0.15, 0.2) is 0 Å². The van der Waals surface area contributed by atoms with Crippen molar-refractivity contribution in [3.05, 3.63) is 59.9 Å². The van der Waals surface area contributed by atoms with Crippen molar-refractivity contribution in [1.29, 1.82) is 0 Å². The van der Waals surface area contributed by atoms with Gasteiger partial charge in [0.05, 0.1) is 0 Å². The molecular formula is C17H19N3OS. The van der Waals surface area contributed by atoms with Crippen LogP contribution in [0.5, 0.6) is 0 Å². The van der Waals surface area contributed by atoms with Gasteiger partial charge in [0.1, 0.15) is 0 Å². The Morgan fingerprint density at radius 1 is 0.955 bits per heavy atom. The van der Waals surface area contributed by atoms with Crippen molar-refractivity contribution in [2.75, 3.05) is 0 Å². The minimum atomic E-state index is 0.527. The summed E-state index contributed by atoms with van der Waals surface area (Å²) in [6, 6.07) is 12.1. The first-order valence-corrected chi connectivity index (χ1v) is 8.22. The highest BCUT2D eigenvalue weighted by molar-refractivity contribution is 7.98. The predicted molar refractivity (Wildman–Crippen MR) is 89.6 cm³/mol. The first kappa shape index (κ1) is 16.2. The number of pyridine rings is 1. The third kappa shape index (κ3) is 4.43. The van der Waals surface area contributed by atoms with E-state index < -0.39 is 0 Å². The Morgan fingerprint density at radius 2 is 1.64 bits per heavy atom. The molecule has 0 unspecified atom stereocenters. The lowest BCUT2D eigenvalue weighted by molar-refractivity contribution is 0.466. The molecule has 2 aromatic heterocycles. The summed E-state index contributed by atoms with van der Waals surface area (Å²) in [4.78, 5) is 3.97. The maximum Gasteiger partial charge on any atom is 0.277 e. The Morgan fingerprint density at radius 3 is 2.32 bits per heavy atom. The quantitative estimate of drug-likeness (QED) is 0.650. The Balaban J connectivity index is 0.000000847. The second-order valence-electron chi connectivity index (χ2n) is 4.38. The molecule has 0 atom stereocenters. The first-order valence-electron chi connectivity index (χ1n) is 7.23. The zero-order chi connectivity index (χ0) is 15.8. The SMILES string of the molecule is CC.Cc1ccc(CSc2nnc(-c3ccncc3)o2)cc1. The van der Waals surface area contributed by atoms with Crippen LogP contribution in [-0.2, 0) is 5.75 Å². The highest BCUT2D eigenvalue weighted by atomic mass is 32.2. The van der Waals surface area contributed by atoms with Crippen LogP contribution >= 0.6 is 11.8 Å². The van der Waals surface area contributed by atoms with Crippen LogP contribution in [-0.4, -0.2) is 15.2 Å². The van der Waals surface area contributed by atoms with E-state index in [4.69, 9.17) is 4.42 Å². The second-order valence-corrected chi connectivity index (χ2v) is 5.31. The van der Waals surface area contributed by atoms with Crippen molar-refractivity contribution in [3.63, 3.8) is 0 Å². The minimum Gasteiger partial charge on any atom is -0.411 e. The van der Waals surface area contributed by atoms with Crippen LogP contribution < -0.4 is 0 Å². The van der Waals surface area contributed by atoms with Crippen LogP contribution in [0.15, 0.2) is 58.4 Å². The molecule has 0 radical (unpaired) electrons. The second kappa shape index (κ2) is 8.34. The molecule has 0 bridgehead atoms. The van der Waals surface area contributed by atoms with Gasteiger partial charge in [-0.1, -0.05) is 55.4 Å². The summed E-state index contributed by atoms with van der Waals surface area (Å²) in [6.45, 7) is 6.08. The number of aryl methyl sites for hydroxylation is 1. The molecule has 0 aliphatic rings. The van der Waals surface area contributed by atoms with Gasteiger partial charge in [-0.15, -0.1) is 10.2 Å². The van der Waals surface area contributed by atoms with Crippen molar-refractivity contribution in [2.45, 2.75) is 31.7 Å². The molecule has 2 heterocycles. The van der Waals surface area contributed by atoms with E-state index in [0.717, 1.165) is 11.3 Å². The van der Waals surface area contributed by atoms with Crippen molar-refractivity contribution in [3.8, 4) is 11.5 Å². The molecule has 114 valence electrons. The molecule has 3 aromatic rings. The average Bonchev–Trinajstić information content (AvgIpc) is 3.06. The van der Waals surface area contributed by atoms with E-state index in [9.17, 15) is 0 Å². The van der Waals surface area contributed by atoms with Gasteiger partial charge in [-0.25, -0.2) is 0 Å². The third-order valence-electron chi connectivity index (χ3n) is 2.82. The first-order chi connectivity index (χ1) is 10.8. The molecule has 3 rings (SSSR count). The summed E-state index contributed by atoms with van der Waals surface area (Å²) < 4.78 is 5.63. The van der Waals surface area contributed by atoms with Gasteiger partial charge in [0.2, 0.25) is 5.89 Å². The maximum absolute atomic E-state index is 5.63. The summed E-state index contributed by atoms with van der Waals surface area (Å²) in [5, 5.41) is 8.68. The van der Waals surface area contributed by atoms with Crippen molar-refractivity contribution in [2.24, 2.45) is 0 Å². The molecule has 22 heavy (non-hydrogen) atoms. The van der Waals surface area contributed by atoms with Crippen LogP contribution in [0.1, 0.15) is 25.0 Å². The molecule has 0 N–H and O–H groups in total. The molecule has 0 fully saturated rings. The lowest BCUT2D eigenvalue weighted by atomic mass is 10.2. The van der Waals surface area contributed by atoms with Gasteiger partial charge in [-0.3, -0.25) is 4.98 Å². The fraction of sp³-hybridized carbons (Fsp3) is 0.235. The summed E-state index contributed by atoms with van der Waals surface area (Å²) >= 11 is 1.54. The number of aromatic nitrogens is 3. The van der Waals surface area contributed by atoms with Crippen LogP contribution in [0.2, 0.25) is 0 Å². The van der Waals surface area contributed by atoms with Gasteiger partial charge >= 0.3 is 0 Å². The topological polar surface area (TPSA) is 51.8 Å². The van der Waals surface area contributed by atoms with Crippen LogP contribution in [0.4, 0.5) is 0 Å². The summed E-state index contributed by atoms with van der Waals surface area (Å²) in [5.41, 5.74) is 3.38. The zero-order valence-electron chi connectivity index (χ0n) is 13.0. The molecule has 5 heteroatoms. The predicted octanol–water partition coefficient (Wildman–Crippen LogP) is 4.76. The number of hydrogen-bond donors (Lipinski definition) is 0. The lowest BCUT2D eigenvalue weighted by Crippen LogP contribution is -1.81. The van der Waals surface area contributed by atoms with Crippen molar-refractivity contribution in [1.82, 2.24) is 15.2 Å².